The number of fused-ring (bicyclic) bond motifs is 5. The summed E-state index contributed by atoms with van der Waals surface area (Å²) in [5.74, 6) is 6.06. The molecule has 1 N–H and O–H groups in total. The molecule has 2 nitrogen and oxygen atoms in total. The third-order valence-electron chi connectivity index (χ3n) is 10.3. The maximum Gasteiger partial charge on any atom is 0.139 e. The Bertz CT molecular complexity index is 569. The molecular weight excluding hydrogens is 318 g/mol. The number of carbonyl (C=O) groups is 1. The Balaban J connectivity index is 1.27. The van der Waals surface area contributed by atoms with Gasteiger partial charge in [0.15, 0.2) is 0 Å². The van der Waals surface area contributed by atoms with Crippen LogP contribution in [0.25, 0.3) is 0 Å². The number of ketones is 1. The molecule has 0 aromatic carbocycles. The maximum absolute atomic E-state index is 12.6. The van der Waals surface area contributed by atoms with Crippen molar-refractivity contribution in [2.45, 2.75) is 84.5 Å². The van der Waals surface area contributed by atoms with Gasteiger partial charge in [-0.05, 0) is 112 Å². The zero-order valence-corrected chi connectivity index (χ0v) is 17.1. The third-order valence-corrected chi connectivity index (χ3v) is 10.3. The summed E-state index contributed by atoms with van der Waals surface area (Å²) >= 11 is 0. The highest BCUT2D eigenvalue weighted by molar-refractivity contribution is 5.87. The first-order valence-electron chi connectivity index (χ1n) is 11.7. The first-order chi connectivity index (χ1) is 12.5. The van der Waals surface area contributed by atoms with Crippen molar-refractivity contribution in [3.8, 4) is 0 Å². The second-order valence-electron chi connectivity index (χ2n) is 11.3. The fraction of sp³-hybridized carbons (Fsp3) is 0.958. The van der Waals surface area contributed by atoms with Gasteiger partial charge < -0.3 is 5.32 Å². The van der Waals surface area contributed by atoms with Crippen molar-refractivity contribution in [1.29, 1.82) is 0 Å². The van der Waals surface area contributed by atoms with Crippen molar-refractivity contribution in [3.63, 3.8) is 0 Å². The lowest BCUT2D eigenvalue weighted by atomic mass is 9.44. The Kier molecular flexibility index (Phi) is 4.31. The molecule has 5 aliphatic rings. The number of carbonyl (C=O) groups excluding carboxylic acids is 1. The van der Waals surface area contributed by atoms with E-state index < -0.39 is 0 Å². The van der Waals surface area contributed by atoms with Crippen molar-refractivity contribution < 1.29 is 4.79 Å². The highest BCUT2D eigenvalue weighted by Crippen LogP contribution is 2.66. The van der Waals surface area contributed by atoms with E-state index in [1.54, 1.807) is 0 Å². The molecular formula is C24H39NO. The van der Waals surface area contributed by atoms with Crippen LogP contribution in [0, 0.1) is 46.3 Å². The number of rotatable bonds is 3. The predicted octanol–water partition coefficient (Wildman–Crippen LogP) is 5.21. The van der Waals surface area contributed by atoms with Crippen LogP contribution >= 0.6 is 0 Å². The highest BCUT2D eigenvalue weighted by atomic mass is 16.1. The van der Waals surface area contributed by atoms with Crippen LogP contribution in [0.2, 0.25) is 0 Å². The predicted molar refractivity (Wildman–Crippen MR) is 106 cm³/mol. The summed E-state index contributed by atoms with van der Waals surface area (Å²) in [7, 11) is 0. The lowest BCUT2D eigenvalue weighted by molar-refractivity contribution is -0.140. The molecule has 4 aliphatic carbocycles. The summed E-state index contributed by atoms with van der Waals surface area (Å²) in [5, 5.41) is 3.43. The van der Waals surface area contributed by atoms with E-state index in [9.17, 15) is 4.79 Å². The summed E-state index contributed by atoms with van der Waals surface area (Å²) in [4.78, 5) is 12.6. The van der Waals surface area contributed by atoms with Crippen LogP contribution in [0.15, 0.2) is 0 Å². The summed E-state index contributed by atoms with van der Waals surface area (Å²) in [6.45, 7) is 7.54. The molecule has 0 radical (unpaired) electrons. The van der Waals surface area contributed by atoms with E-state index in [1.807, 2.05) is 0 Å². The van der Waals surface area contributed by atoms with Gasteiger partial charge in [0.1, 0.15) is 5.78 Å². The minimum Gasteiger partial charge on any atom is -0.316 e. The van der Waals surface area contributed by atoms with E-state index in [1.165, 1.54) is 77.3 Å². The molecule has 2 heteroatoms. The van der Waals surface area contributed by atoms with Crippen molar-refractivity contribution in [2.75, 3.05) is 13.1 Å². The molecule has 5 fully saturated rings. The fourth-order valence-corrected chi connectivity index (χ4v) is 8.40. The fourth-order valence-electron chi connectivity index (χ4n) is 8.40. The quantitative estimate of drug-likeness (QED) is 0.751. The van der Waals surface area contributed by atoms with E-state index in [4.69, 9.17) is 0 Å². The van der Waals surface area contributed by atoms with E-state index in [0.29, 0.717) is 11.2 Å². The molecule has 0 spiro atoms. The van der Waals surface area contributed by atoms with Gasteiger partial charge >= 0.3 is 0 Å². The monoisotopic (exact) mass is 357 g/mol. The lowest BCUT2D eigenvalue weighted by Crippen LogP contribution is -2.53. The van der Waals surface area contributed by atoms with Gasteiger partial charge in [0.25, 0.3) is 0 Å². The van der Waals surface area contributed by atoms with Crippen molar-refractivity contribution in [3.05, 3.63) is 0 Å². The third kappa shape index (κ3) is 2.57. The second kappa shape index (κ2) is 6.33. The topological polar surface area (TPSA) is 29.1 Å². The van der Waals surface area contributed by atoms with Gasteiger partial charge in [-0.2, -0.15) is 0 Å². The standard InChI is InChI=1S/C24H39NO/c1-23-11-9-16(3-4-17-14-25-15-17)13-18(23)5-6-19-20-7-8-22(26)24(20,2)12-10-21(19)23/h16-21,25H,3-15H2,1-2H3/t16-,18?,19?,20?,21?,23-,24-/m0/s1. The molecule has 0 bridgehead atoms. The smallest absolute Gasteiger partial charge is 0.139 e. The first kappa shape index (κ1) is 17.7. The molecule has 1 aliphatic heterocycles. The zero-order valence-electron chi connectivity index (χ0n) is 17.1. The molecule has 0 aromatic rings. The molecule has 7 atom stereocenters. The van der Waals surface area contributed by atoms with Gasteiger partial charge in [0.2, 0.25) is 0 Å². The molecule has 0 amide bonds. The SMILES string of the molecule is C[C@]12CC[C@H](CCC3CNC3)CC1CCC1C2CC[C@]2(C)C(=O)CCC12. The van der Waals surface area contributed by atoms with Crippen LogP contribution in [-0.4, -0.2) is 18.9 Å². The van der Waals surface area contributed by atoms with Gasteiger partial charge in [-0.1, -0.05) is 20.3 Å². The Morgan fingerprint density at radius 3 is 2.50 bits per heavy atom. The van der Waals surface area contributed by atoms with Crippen LogP contribution in [0.4, 0.5) is 0 Å². The van der Waals surface area contributed by atoms with Crippen molar-refractivity contribution in [2.24, 2.45) is 46.3 Å². The normalized spacial score (nSPS) is 51.3. The molecule has 1 saturated heterocycles. The van der Waals surface area contributed by atoms with Crippen LogP contribution in [0.1, 0.15) is 84.5 Å². The molecule has 146 valence electrons. The Labute approximate surface area is 160 Å². The molecule has 4 saturated carbocycles. The number of nitrogens with one attached hydrogen (secondary N) is 1. The first-order valence-corrected chi connectivity index (χ1v) is 11.7. The van der Waals surface area contributed by atoms with Crippen molar-refractivity contribution in [1.82, 2.24) is 5.32 Å². The van der Waals surface area contributed by atoms with Crippen molar-refractivity contribution >= 4 is 5.78 Å². The Morgan fingerprint density at radius 2 is 1.73 bits per heavy atom. The van der Waals surface area contributed by atoms with Gasteiger partial charge in [0, 0.05) is 11.8 Å². The number of hydrogen-bond donors (Lipinski definition) is 1. The Morgan fingerprint density at radius 1 is 0.923 bits per heavy atom. The zero-order chi connectivity index (χ0) is 17.9. The summed E-state index contributed by atoms with van der Waals surface area (Å²) in [6.07, 6.45) is 14.9. The van der Waals surface area contributed by atoms with Gasteiger partial charge in [-0.3, -0.25) is 4.79 Å². The lowest BCUT2D eigenvalue weighted by Gasteiger charge is -2.60. The second-order valence-corrected chi connectivity index (χ2v) is 11.3. The maximum atomic E-state index is 12.6. The highest BCUT2D eigenvalue weighted by Gasteiger charge is 2.60. The minimum absolute atomic E-state index is 0.0539. The van der Waals surface area contributed by atoms with Gasteiger partial charge in [-0.15, -0.1) is 0 Å². The molecule has 4 unspecified atom stereocenters. The van der Waals surface area contributed by atoms with Gasteiger partial charge in [-0.25, -0.2) is 0 Å². The molecule has 5 rings (SSSR count). The van der Waals surface area contributed by atoms with Crippen LogP contribution in [0.3, 0.4) is 0 Å². The summed E-state index contributed by atoms with van der Waals surface area (Å²) in [5.41, 5.74) is 0.642. The molecule has 1 heterocycles. The van der Waals surface area contributed by atoms with E-state index in [-0.39, 0.29) is 5.41 Å². The summed E-state index contributed by atoms with van der Waals surface area (Å²) in [6, 6.07) is 0. The van der Waals surface area contributed by atoms with Crippen LogP contribution in [0.5, 0.6) is 0 Å². The summed E-state index contributed by atoms with van der Waals surface area (Å²) < 4.78 is 0. The van der Waals surface area contributed by atoms with Crippen LogP contribution < -0.4 is 5.32 Å². The number of hydrogen-bond acceptors (Lipinski definition) is 2. The van der Waals surface area contributed by atoms with Gasteiger partial charge in [0.05, 0.1) is 0 Å². The van der Waals surface area contributed by atoms with E-state index in [2.05, 4.69) is 19.2 Å². The Hall–Kier alpha value is -0.370. The average Bonchev–Trinajstić information content (AvgIpc) is 2.89. The van der Waals surface area contributed by atoms with E-state index in [0.717, 1.165) is 41.9 Å². The van der Waals surface area contributed by atoms with E-state index >= 15 is 0 Å². The minimum atomic E-state index is 0.0539. The molecule has 0 aromatic heterocycles. The van der Waals surface area contributed by atoms with Crippen LogP contribution in [-0.2, 0) is 4.79 Å². The average molecular weight is 358 g/mol. The number of Topliss-reactive ketones (excluding diaryl/α,β-unsaturated/α-hetero) is 1. The molecule has 26 heavy (non-hydrogen) atoms. The largest absolute Gasteiger partial charge is 0.316 e.